The number of piperidine rings is 1. The second-order valence-electron chi connectivity index (χ2n) is 7.28. The number of carbonyl (C=O) groups is 1. The normalized spacial score (nSPS) is 14.9. The Kier molecular flexibility index (Phi) is 5.20. The molecule has 5 nitrogen and oxygen atoms in total. The molecule has 1 saturated heterocycles. The minimum absolute atomic E-state index is 0.0888. The van der Waals surface area contributed by atoms with Crippen LogP contribution in [0.15, 0.2) is 42.6 Å². The molecular weight excluding hydrogens is 372 g/mol. The zero-order chi connectivity index (χ0) is 19.7. The van der Waals surface area contributed by atoms with E-state index in [1.165, 1.54) is 0 Å². The van der Waals surface area contributed by atoms with Gasteiger partial charge in [-0.1, -0.05) is 23.7 Å². The summed E-state index contributed by atoms with van der Waals surface area (Å²) >= 11 is 6.48. The first kappa shape index (κ1) is 18.7. The molecular formula is C22H23ClN4O. The molecule has 28 heavy (non-hydrogen) atoms. The highest BCUT2D eigenvalue weighted by Crippen LogP contribution is 2.35. The maximum atomic E-state index is 13.2. The lowest BCUT2D eigenvalue weighted by Crippen LogP contribution is -2.42. The van der Waals surface area contributed by atoms with Gasteiger partial charge in [0.2, 0.25) is 0 Å². The van der Waals surface area contributed by atoms with E-state index in [0.29, 0.717) is 16.4 Å². The summed E-state index contributed by atoms with van der Waals surface area (Å²) in [5.41, 5.74) is 9.38. The molecule has 0 saturated carbocycles. The number of aryl methyl sites for hydroxylation is 1. The van der Waals surface area contributed by atoms with E-state index in [-0.39, 0.29) is 11.9 Å². The molecule has 0 unspecified atom stereocenters. The van der Waals surface area contributed by atoms with E-state index in [4.69, 9.17) is 17.3 Å². The van der Waals surface area contributed by atoms with Crippen LogP contribution in [0, 0.1) is 6.92 Å². The van der Waals surface area contributed by atoms with Gasteiger partial charge in [-0.25, -0.2) is 4.98 Å². The summed E-state index contributed by atoms with van der Waals surface area (Å²) in [5.74, 6) is 0.305. The van der Waals surface area contributed by atoms with Gasteiger partial charge < -0.3 is 16.4 Å². The largest absolute Gasteiger partial charge is 0.384 e. The van der Waals surface area contributed by atoms with Crippen LogP contribution >= 0.6 is 11.6 Å². The first-order valence-electron chi connectivity index (χ1n) is 9.49. The third kappa shape index (κ3) is 3.68. The Labute approximate surface area is 169 Å². The van der Waals surface area contributed by atoms with Crippen molar-refractivity contribution in [3.05, 3.63) is 58.7 Å². The van der Waals surface area contributed by atoms with E-state index in [0.717, 1.165) is 53.4 Å². The van der Waals surface area contributed by atoms with Gasteiger partial charge in [0, 0.05) is 33.8 Å². The molecule has 2 aromatic carbocycles. The zero-order valence-electron chi connectivity index (χ0n) is 15.8. The summed E-state index contributed by atoms with van der Waals surface area (Å²) in [6.07, 6.45) is 3.56. The molecule has 1 fully saturated rings. The number of pyridine rings is 1. The summed E-state index contributed by atoms with van der Waals surface area (Å²) in [4.78, 5) is 17.4. The lowest BCUT2D eigenvalue weighted by Gasteiger charge is -2.24. The number of hydrogen-bond donors (Lipinski definition) is 3. The molecule has 0 aliphatic carbocycles. The Morgan fingerprint density at radius 2 is 2.04 bits per heavy atom. The van der Waals surface area contributed by atoms with Crippen LogP contribution in [0.3, 0.4) is 0 Å². The smallest absolute Gasteiger partial charge is 0.252 e. The minimum atomic E-state index is -0.0888. The van der Waals surface area contributed by atoms with E-state index in [1.807, 2.05) is 37.3 Å². The summed E-state index contributed by atoms with van der Waals surface area (Å²) in [7, 11) is 0. The maximum Gasteiger partial charge on any atom is 0.252 e. The molecule has 1 amide bonds. The van der Waals surface area contributed by atoms with Gasteiger partial charge in [0.15, 0.2) is 0 Å². The summed E-state index contributed by atoms with van der Waals surface area (Å²) in [6, 6.07) is 11.7. The Hall–Kier alpha value is -2.63. The van der Waals surface area contributed by atoms with Crippen LogP contribution < -0.4 is 16.4 Å². The number of anilines is 1. The summed E-state index contributed by atoms with van der Waals surface area (Å²) in [6.45, 7) is 3.85. The fraction of sp³-hybridized carbons (Fsp3) is 0.273. The van der Waals surface area contributed by atoms with Crippen LogP contribution in [0.25, 0.3) is 21.9 Å². The molecule has 0 bridgehead atoms. The van der Waals surface area contributed by atoms with Crippen LogP contribution in [0.2, 0.25) is 5.02 Å². The van der Waals surface area contributed by atoms with Crippen molar-refractivity contribution in [2.24, 2.45) is 0 Å². The summed E-state index contributed by atoms with van der Waals surface area (Å²) < 4.78 is 0. The van der Waals surface area contributed by atoms with E-state index in [2.05, 4.69) is 15.6 Å². The van der Waals surface area contributed by atoms with Crippen molar-refractivity contribution in [3.8, 4) is 11.1 Å². The molecule has 6 heteroatoms. The lowest BCUT2D eigenvalue weighted by molar-refractivity contribution is 0.0931. The van der Waals surface area contributed by atoms with Crippen molar-refractivity contribution in [3.63, 3.8) is 0 Å². The Morgan fingerprint density at radius 1 is 1.25 bits per heavy atom. The van der Waals surface area contributed by atoms with Crippen LogP contribution in [0.1, 0.15) is 28.8 Å². The van der Waals surface area contributed by atoms with Gasteiger partial charge in [0.1, 0.15) is 5.82 Å². The first-order chi connectivity index (χ1) is 13.5. The predicted molar refractivity (Wildman–Crippen MR) is 115 cm³/mol. The fourth-order valence-electron chi connectivity index (χ4n) is 3.83. The molecule has 1 aliphatic rings. The number of aromatic nitrogens is 1. The monoisotopic (exact) mass is 394 g/mol. The van der Waals surface area contributed by atoms with Crippen LogP contribution in [-0.2, 0) is 0 Å². The number of amides is 1. The predicted octanol–water partition coefficient (Wildman–Crippen LogP) is 3.93. The fourth-order valence-corrected chi connectivity index (χ4v) is 4.16. The molecule has 0 atom stereocenters. The van der Waals surface area contributed by atoms with Crippen molar-refractivity contribution in [1.82, 2.24) is 15.6 Å². The Balaban J connectivity index is 1.83. The van der Waals surface area contributed by atoms with Gasteiger partial charge >= 0.3 is 0 Å². The number of benzene rings is 2. The first-order valence-corrected chi connectivity index (χ1v) is 9.87. The molecule has 144 valence electrons. The molecule has 1 aliphatic heterocycles. The van der Waals surface area contributed by atoms with Gasteiger partial charge in [-0.2, -0.15) is 0 Å². The highest BCUT2D eigenvalue weighted by molar-refractivity contribution is 6.33. The highest BCUT2D eigenvalue weighted by atomic mass is 35.5. The SMILES string of the molecule is Cc1cccc(Cl)c1-c1cc(C(=O)NC2CCNCC2)c2cc(N)ncc2c1. The zero-order valence-corrected chi connectivity index (χ0v) is 16.5. The van der Waals surface area contributed by atoms with Gasteiger partial charge in [-0.05, 0) is 73.6 Å². The second kappa shape index (κ2) is 7.78. The van der Waals surface area contributed by atoms with Crippen molar-refractivity contribution in [2.45, 2.75) is 25.8 Å². The minimum Gasteiger partial charge on any atom is -0.384 e. The lowest BCUT2D eigenvalue weighted by atomic mass is 9.94. The highest BCUT2D eigenvalue weighted by Gasteiger charge is 2.20. The van der Waals surface area contributed by atoms with Crippen LogP contribution in [-0.4, -0.2) is 30.0 Å². The molecule has 4 rings (SSSR count). The van der Waals surface area contributed by atoms with Gasteiger partial charge in [-0.15, -0.1) is 0 Å². The van der Waals surface area contributed by atoms with E-state index < -0.39 is 0 Å². The van der Waals surface area contributed by atoms with Crippen molar-refractivity contribution >= 4 is 34.1 Å². The third-order valence-corrected chi connectivity index (χ3v) is 5.60. The molecule has 0 radical (unpaired) electrons. The molecule has 4 N–H and O–H groups in total. The Bertz CT molecular complexity index is 1020. The van der Waals surface area contributed by atoms with E-state index in [9.17, 15) is 4.79 Å². The number of nitrogens with zero attached hydrogens (tertiary/aromatic N) is 1. The number of fused-ring (bicyclic) bond motifs is 1. The topological polar surface area (TPSA) is 80.0 Å². The standard InChI is InChI=1S/C22H23ClN4O/c1-13-3-2-4-19(23)21(13)14-9-15-12-26-20(24)11-17(15)18(10-14)22(28)27-16-5-7-25-8-6-16/h2-4,9-12,16,25H,5-8H2,1H3,(H2,24,26)(H,27,28). The number of rotatable bonds is 3. The second-order valence-corrected chi connectivity index (χ2v) is 7.69. The number of carbonyl (C=O) groups excluding carboxylic acids is 1. The van der Waals surface area contributed by atoms with Crippen molar-refractivity contribution in [1.29, 1.82) is 0 Å². The van der Waals surface area contributed by atoms with Gasteiger partial charge in [0.25, 0.3) is 5.91 Å². The average Bonchev–Trinajstić information content (AvgIpc) is 2.68. The number of hydrogen-bond acceptors (Lipinski definition) is 4. The van der Waals surface area contributed by atoms with Crippen LogP contribution in [0.4, 0.5) is 5.82 Å². The molecule has 3 aromatic rings. The van der Waals surface area contributed by atoms with E-state index >= 15 is 0 Å². The van der Waals surface area contributed by atoms with Gasteiger partial charge in [0.05, 0.1) is 0 Å². The number of halogens is 1. The van der Waals surface area contributed by atoms with Gasteiger partial charge in [-0.3, -0.25) is 4.79 Å². The van der Waals surface area contributed by atoms with Crippen molar-refractivity contribution < 1.29 is 4.79 Å². The maximum absolute atomic E-state index is 13.2. The molecule has 2 heterocycles. The van der Waals surface area contributed by atoms with Crippen molar-refractivity contribution in [2.75, 3.05) is 18.8 Å². The summed E-state index contributed by atoms with van der Waals surface area (Å²) in [5, 5.41) is 8.82. The molecule has 1 aromatic heterocycles. The van der Waals surface area contributed by atoms with Crippen LogP contribution in [0.5, 0.6) is 0 Å². The number of nitrogens with one attached hydrogen (secondary N) is 2. The number of nitrogen functional groups attached to an aromatic ring is 1. The number of nitrogens with two attached hydrogens (primary N) is 1. The van der Waals surface area contributed by atoms with E-state index in [1.54, 1.807) is 12.3 Å². The Morgan fingerprint density at radius 3 is 2.79 bits per heavy atom. The molecule has 0 spiro atoms. The quantitative estimate of drug-likeness (QED) is 0.628. The third-order valence-electron chi connectivity index (χ3n) is 5.29. The average molecular weight is 395 g/mol.